The summed E-state index contributed by atoms with van der Waals surface area (Å²) in [4.78, 5) is 32.6. The van der Waals surface area contributed by atoms with Gasteiger partial charge in [0.1, 0.15) is 5.78 Å². The molecule has 1 aromatic carbocycles. The Hall–Kier alpha value is -1.56. The van der Waals surface area contributed by atoms with Crippen molar-refractivity contribution < 1.29 is 14.5 Å². The Bertz CT molecular complexity index is 484. The van der Waals surface area contributed by atoms with Crippen molar-refractivity contribution in [2.24, 2.45) is 0 Å². The number of nitro groups is 1. The molecule has 0 saturated heterocycles. The van der Waals surface area contributed by atoms with Crippen molar-refractivity contribution in [3.8, 4) is 0 Å². The molecule has 0 fully saturated rings. The van der Waals surface area contributed by atoms with E-state index in [0.29, 0.717) is 4.47 Å². The number of hydrogen-bond acceptors (Lipinski definition) is 4. The van der Waals surface area contributed by atoms with Crippen molar-refractivity contribution >= 4 is 33.2 Å². The molecule has 90 valence electrons. The number of ketones is 2. The van der Waals surface area contributed by atoms with E-state index in [1.165, 1.54) is 19.1 Å². The summed E-state index contributed by atoms with van der Waals surface area (Å²) in [6, 6.07) is 4.24. The van der Waals surface area contributed by atoms with Gasteiger partial charge in [-0.15, -0.1) is 0 Å². The lowest BCUT2D eigenvalue weighted by atomic mass is 10.0. The van der Waals surface area contributed by atoms with E-state index in [0.717, 1.165) is 0 Å². The lowest BCUT2D eigenvalue weighted by molar-refractivity contribution is -0.385. The monoisotopic (exact) mass is 299 g/mol. The van der Waals surface area contributed by atoms with Gasteiger partial charge < -0.3 is 4.79 Å². The summed E-state index contributed by atoms with van der Waals surface area (Å²) < 4.78 is 0.535. The van der Waals surface area contributed by atoms with Crippen LogP contribution in [0.25, 0.3) is 0 Å². The Balaban J connectivity index is 3.00. The van der Waals surface area contributed by atoms with Gasteiger partial charge in [0.25, 0.3) is 5.69 Å². The van der Waals surface area contributed by atoms with Gasteiger partial charge in [0.2, 0.25) is 0 Å². The molecule has 0 aromatic heterocycles. The lowest BCUT2D eigenvalue weighted by Crippen LogP contribution is -2.05. The second-order valence-corrected chi connectivity index (χ2v) is 4.46. The number of carbonyl (C=O) groups excluding carboxylic acids is 2. The molecule has 0 aliphatic carbocycles. The Morgan fingerprint density at radius 3 is 2.53 bits per heavy atom. The molecule has 17 heavy (non-hydrogen) atoms. The third kappa shape index (κ3) is 3.74. The fourth-order valence-electron chi connectivity index (χ4n) is 1.32. The summed E-state index contributed by atoms with van der Waals surface area (Å²) in [5, 5.41) is 10.8. The number of nitrogens with zero attached hydrogens (tertiary/aromatic N) is 1. The van der Waals surface area contributed by atoms with Crippen LogP contribution in [0.4, 0.5) is 5.69 Å². The van der Waals surface area contributed by atoms with Crippen molar-refractivity contribution in [1.29, 1.82) is 0 Å². The molecule has 0 unspecified atom stereocenters. The van der Waals surface area contributed by atoms with E-state index in [1.54, 1.807) is 6.07 Å². The maximum atomic E-state index is 11.7. The van der Waals surface area contributed by atoms with Gasteiger partial charge in [0.15, 0.2) is 5.78 Å². The van der Waals surface area contributed by atoms with E-state index in [-0.39, 0.29) is 35.7 Å². The molecule has 1 aromatic rings. The molecule has 0 N–H and O–H groups in total. The maximum absolute atomic E-state index is 11.7. The average molecular weight is 300 g/mol. The standard InChI is InChI=1S/C11H10BrNO4/c1-7(14)2-5-11(15)9-4-3-8(12)6-10(9)13(16)17/h3-4,6H,2,5H2,1H3. The Labute approximate surface area is 106 Å². The number of halogens is 1. The summed E-state index contributed by atoms with van der Waals surface area (Å²) in [6.45, 7) is 1.38. The van der Waals surface area contributed by atoms with Crippen molar-refractivity contribution in [1.82, 2.24) is 0 Å². The molecule has 0 saturated carbocycles. The first kappa shape index (κ1) is 13.5. The van der Waals surface area contributed by atoms with Gasteiger partial charge in [-0.3, -0.25) is 14.9 Å². The zero-order chi connectivity index (χ0) is 13.0. The van der Waals surface area contributed by atoms with Crippen molar-refractivity contribution in [2.75, 3.05) is 0 Å². The van der Waals surface area contributed by atoms with Crippen LogP contribution in [0, 0.1) is 10.1 Å². The molecule has 0 amide bonds. The highest BCUT2D eigenvalue weighted by molar-refractivity contribution is 9.10. The zero-order valence-electron chi connectivity index (χ0n) is 9.10. The zero-order valence-corrected chi connectivity index (χ0v) is 10.7. The summed E-state index contributed by atoms with van der Waals surface area (Å²) in [5.41, 5.74) is -0.202. The lowest BCUT2D eigenvalue weighted by Gasteiger charge is -2.02. The Morgan fingerprint density at radius 2 is 2.00 bits per heavy atom. The molecule has 0 heterocycles. The number of rotatable bonds is 5. The number of carbonyl (C=O) groups is 2. The molecule has 0 aliphatic rings. The molecule has 0 spiro atoms. The smallest absolute Gasteiger partial charge is 0.281 e. The third-order valence-electron chi connectivity index (χ3n) is 2.16. The van der Waals surface area contributed by atoms with Crippen LogP contribution in [0.15, 0.2) is 22.7 Å². The fourth-order valence-corrected chi connectivity index (χ4v) is 1.66. The van der Waals surface area contributed by atoms with Crippen LogP contribution in [-0.4, -0.2) is 16.5 Å². The Kier molecular flexibility index (Phi) is 4.51. The van der Waals surface area contributed by atoms with Gasteiger partial charge in [-0.05, 0) is 19.1 Å². The fraction of sp³-hybridized carbons (Fsp3) is 0.273. The molecule has 0 bridgehead atoms. The second-order valence-electron chi connectivity index (χ2n) is 3.54. The molecule has 1 rings (SSSR count). The summed E-state index contributed by atoms with van der Waals surface area (Å²) >= 11 is 3.11. The molecular formula is C11H10BrNO4. The average Bonchev–Trinajstić information content (AvgIpc) is 2.25. The van der Waals surface area contributed by atoms with E-state index in [9.17, 15) is 19.7 Å². The highest BCUT2D eigenvalue weighted by atomic mass is 79.9. The number of Topliss-reactive ketones (excluding diaryl/α,β-unsaturated/α-hetero) is 2. The minimum Gasteiger partial charge on any atom is -0.300 e. The van der Waals surface area contributed by atoms with E-state index in [1.807, 2.05) is 0 Å². The van der Waals surface area contributed by atoms with Crippen molar-refractivity contribution in [2.45, 2.75) is 19.8 Å². The van der Waals surface area contributed by atoms with Crippen LogP contribution in [0.3, 0.4) is 0 Å². The van der Waals surface area contributed by atoms with Crippen molar-refractivity contribution in [3.05, 3.63) is 38.3 Å². The molecule has 0 radical (unpaired) electrons. The molecule has 5 nitrogen and oxygen atoms in total. The van der Waals surface area contributed by atoms with Crippen molar-refractivity contribution in [3.63, 3.8) is 0 Å². The van der Waals surface area contributed by atoms with E-state index < -0.39 is 4.92 Å². The quantitative estimate of drug-likeness (QED) is 0.476. The predicted molar refractivity (Wildman–Crippen MR) is 65.0 cm³/mol. The second kappa shape index (κ2) is 5.67. The summed E-state index contributed by atoms with van der Waals surface area (Å²) in [7, 11) is 0. The molecule has 0 atom stereocenters. The number of nitro benzene ring substituents is 1. The van der Waals surface area contributed by atoms with Gasteiger partial charge in [-0.1, -0.05) is 15.9 Å². The normalized spacial score (nSPS) is 10.0. The first-order valence-corrected chi connectivity index (χ1v) is 5.67. The summed E-state index contributed by atoms with van der Waals surface area (Å²) in [6.07, 6.45) is 0.101. The SMILES string of the molecule is CC(=O)CCC(=O)c1ccc(Br)cc1[N+](=O)[O-]. The topological polar surface area (TPSA) is 77.3 Å². The highest BCUT2D eigenvalue weighted by Crippen LogP contribution is 2.24. The van der Waals surface area contributed by atoms with Gasteiger partial charge in [-0.25, -0.2) is 0 Å². The van der Waals surface area contributed by atoms with Crippen LogP contribution in [0.2, 0.25) is 0 Å². The number of benzene rings is 1. The highest BCUT2D eigenvalue weighted by Gasteiger charge is 2.20. The Morgan fingerprint density at radius 1 is 1.35 bits per heavy atom. The molecular weight excluding hydrogens is 290 g/mol. The van der Waals surface area contributed by atoms with Gasteiger partial charge in [-0.2, -0.15) is 0 Å². The predicted octanol–water partition coefficient (Wildman–Crippen LogP) is 2.91. The third-order valence-corrected chi connectivity index (χ3v) is 2.65. The van der Waals surface area contributed by atoms with Gasteiger partial charge in [0.05, 0.1) is 10.5 Å². The van der Waals surface area contributed by atoms with E-state index in [4.69, 9.17) is 0 Å². The number of hydrogen-bond donors (Lipinski definition) is 0. The van der Waals surface area contributed by atoms with E-state index >= 15 is 0 Å². The minimum atomic E-state index is -0.605. The van der Waals surface area contributed by atoms with Crippen LogP contribution < -0.4 is 0 Å². The van der Waals surface area contributed by atoms with Crippen LogP contribution in [0.5, 0.6) is 0 Å². The first-order valence-electron chi connectivity index (χ1n) is 4.88. The molecule has 6 heteroatoms. The van der Waals surface area contributed by atoms with Gasteiger partial charge in [0, 0.05) is 23.4 Å². The minimum absolute atomic E-state index is 0.00218. The first-order chi connectivity index (χ1) is 7.91. The maximum Gasteiger partial charge on any atom is 0.281 e. The van der Waals surface area contributed by atoms with Crippen LogP contribution in [-0.2, 0) is 4.79 Å². The largest absolute Gasteiger partial charge is 0.300 e. The van der Waals surface area contributed by atoms with E-state index in [2.05, 4.69) is 15.9 Å². The van der Waals surface area contributed by atoms with Gasteiger partial charge >= 0.3 is 0 Å². The molecule has 0 aliphatic heterocycles. The van der Waals surface area contributed by atoms with Crippen LogP contribution in [0.1, 0.15) is 30.1 Å². The van der Waals surface area contributed by atoms with Crippen LogP contribution >= 0.6 is 15.9 Å². The summed E-state index contributed by atoms with van der Waals surface area (Å²) in [5.74, 6) is -0.502.